The molecule has 5 nitrogen and oxygen atoms in total. The Balaban J connectivity index is 1.58. The lowest BCUT2D eigenvalue weighted by molar-refractivity contribution is 0.687. The lowest BCUT2D eigenvalue weighted by Crippen LogP contribution is -1.99. The maximum absolute atomic E-state index is 4.52. The highest BCUT2D eigenvalue weighted by molar-refractivity contribution is 5.60. The number of rotatable bonds is 5. The molecule has 3 heterocycles. The zero-order valence-electron chi connectivity index (χ0n) is 14.1. The molecule has 25 heavy (non-hydrogen) atoms. The van der Waals surface area contributed by atoms with Crippen LogP contribution in [0.4, 0.5) is 0 Å². The van der Waals surface area contributed by atoms with Crippen molar-refractivity contribution < 1.29 is 0 Å². The van der Waals surface area contributed by atoms with Crippen LogP contribution >= 0.6 is 0 Å². The Morgan fingerprint density at radius 1 is 1.08 bits per heavy atom. The molecule has 0 aliphatic carbocycles. The molecule has 0 aliphatic heterocycles. The van der Waals surface area contributed by atoms with Crippen LogP contribution in [0.1, 0.15) is 23.7 Å². The van der Waals surface area contributed by atoms with Gasteiger partial charge in [0.1, 0.15) is 0 Å². The van der Waals surface area contributed by atoms with Crippen LogP contribution in [-0.4, -0.2) is 24.4 Å². The fourth-order valence-electron chi connectivity index (χ4n) is 2.81. The van der Waals surface area contributed by atoms with Gasteiger partial charge in [0.15, 0.2) is 0 Å². The number of nitrogens with zero attached hydrogens (tertiary/aromatic N) is 5. The third-order valence-corrected chi connectivity index (χ3v) is 4.28. The van der Waals surface area contributed by atoms with Gasteiger partial charge in [-0.2, -0.15) is 10.2 Å². The molecular weight excluding hydrogens is 310 g/mol. The first kappa shape index (κ1) is 15.3. The highest BCUT2D eigenvalue weighted by atomic mass is 15.3. The summed E-state index contributed by atoms with van der Waals surface area (Å²) in [6, 6.07) is 10.6. The van der Waals surface area contributed by atoms with Crippen molar-refractivity contribution in [2.75, 3.05) is 0 Å². The molecule has 0 unspecified atom stereocenters. The Morgan fingerprint density at radius 3 is 2.64 bits per heavy atom. The molecule has 4 aromatic rings. The molecule has 0 saturated heterocycles. The van der Waals surface area contributed by atoms with Gasteiger partial charge in [-0.15, -0.1) is 0 Å². The standard InChI is InChI=1S/C20H19N5/c1-3-15-5-7-16(8-6-15)12-24-13-17(10-22-24)20-14-25-19(11-21-20)9-18(4-2)23-25/h4-11,13-14H,2-3,12H2,1H3. The molecule has 0 atom stereocenters. The second kappa shape index (κ2) is 6.36. The Kier molecular flexibility index (Phi) is 3.90. The second-order valence-corrected chi connectivity index (χ2v) is 6.01. The van der Waals surface area contributed by atoms with Crippen LogP contribution in [0.2, 0.25) is 0 Å². The number of hydrogen-bond acceptors (Lipinski definition) is 3. The van der Waals surface area contributed by atoms with Crippen molar-refractivity contribution in [3.63, 3.8) is 0 Å². The first-order valence-electron chi connectivity index (χ1n) is 8.33. The summed E-state index contributed by atoms with van der Waals surface area (Å²) in [6.07, 6.45) is 10.4. The van der Waals surface area contributed by atoms with Crippen LogP contribution in [0.5, 0.6) is 0 Å². The summed E-state index contributed by atoms with van der Waals surface area (Å²) in [7, 11) is 0. The van der Waals surface area contributed by atoms with Gasteiger partial charge in [0, 0.05) is 11.8 Å². The Labute approximate surface area is 146 Å². The van der Waals surface area contributed by atoms with E-state index < -0.39 is 0 Å². The Bertz CT molecular complexity index is 1020. The van der Waals surface area contributed by atoms with Crippen LogP contribution in [-0.2, 0) is 13.0 Å². The molecule has 0 aliphatic rings. The third kappa shape index (κ3) is 3.08. The molecule has 0 amide bonds. The minimum atomic E-state index is 0.745. The number of hydrogen-bond donors (Lipinski definition) is 0. The zero-order valence-corrected chi connectivity index (χ0v) is 14.1. The molecule has 0 bridgehead atoms. The summed E-state index contributed by atoms with van der Waals surface area (Å²) in [6.45, 7) is 6.66. The van der Waals surface area contributed by atoms with Crippen molar-refractivity contribution in [2.45, 2.75) is 19.9 Å². The zero-order chi connectivity index (χ0) is 17.2. The van der Waals surface area contributed by atoms with Gasteiger partial charge in [0.05, 0.1) is 42.0 Å². The number of aromatic nitrogens is 5. The van der Waals surface area contributed by atoms with E-state index in [0.29, 0.717) is 0 Å². The predicted octanol–water partition coefficient (Wildman–Crippen LogP) is 3.85. The average Bonchev–Trinajstić information content (AvgIpc) is 3.28. The molecular formula is C20H19N5. The summed E-state index contributed by atoms with van der Waals surface area (Å²) in [5.74, 6) is 0. The van der Waals surface area contributed by atoms with E-state index in [4.69, 9.17) is 0 Å². The maximum atomic E-state index is 4.52. The maximum Gasteiger partial charge on any atom is 0.0917 e. The smallest absolute Gasteiger partial charge is 0.0917 e. The van der Waals surface area contributed by atoms with E-state index >= 15 is 0 Å². The lowest BCUT2D eigenvalue weighted by Gasteiger charge is -2.03. The predicted molar refractivity (Wildman–Crippen MR) is 99.2 cm³/mol. The monoisotopic (exact) mass is 329 g/mol. The summed E-state index contributed by atoms with van der Waals surface area (Å²) >= 11 is 0. The van der Waals surface area contributed by atoms with Gasteiger partial charge in [-0.05, 0) is 29.7 Å². The van der Waals surface area contributed by atoms with Crippen LogP contribution in [0.3, 0.4) is 0 Å². The minimum absolute atomic E-state index is 0.745. The van der Waals surface area contributed by atoms with Crippen molar-refractivity contribution in [1.29, 1.82) is 0 Å². The second-order valence-electron chi connectivity index (χ2n) is 6.01. The summed E-state index contributed by atoms with van der Waals surface area (Å²) in [4.78, 5) is 4.52. The normalized spacial score (nSPS) is 11.1. The van der Waals surface area contributed by atoms with E-state index in [2.05, 4.69) is 52.9 Å². The molecule has 0 radical (unpaired) electrons. The lowest BCUT2D eigenvalue weighted by atomic mass is 10.1. The summed E-state index contributed by atoms with van der Waals surface area (Å²) < 4.78 is 3.75. The molecule has 4 rings (SSSR count). The van der Waals surface area contributed by atoms with Crippen LogP contribution in [0, 0.1) is 0 Å². The van der Waals surface area contributed by atoms with Crippen LogP contribution in [0.25, 0.3) is 22.9 Å². The number of fused-ring (bicyclic) bond motifs is 1. The van der Waals surface area contributed by atoms with Gasteiger partial charge in [-0.25, -0.2) is 4.52 Å². The fourth-order valence-corrected chi connectivity index (χ4v) is 2.81. The largest absolute Gasteiger partial charge is 0.268 e. The van der Waals surface area contributed by atoms with Crippen molar-refractivity contribution in [1.82, 2.24) is 24.4 Å². The highest BCUT2D eigenvalue weighted by Crippen LogP contribution is 2.18. The van der Waals surface area contributed by atoms with E-state index in [9.17, 15) is 0 Å². The van der Waals surface area contributed by atoms with Crippen molar-refractivity contribution in [3.8, 4) is 11.3 Å². The Hall–Kier alpha value is -3.21. The van der Waals surface area contributed by atoms with Gasteiger partial charge in [0.2, 0.25) is 0 Å². The van der Waals surface area contributed by atoms with E-state index in [1.165, 1.54) is 11.1 Å². The van der Waals surface area contributed by atoms with Crippen molar-refractivity contribution in [3.05, 3.63) is 78.5 Å². The minimum Gasteiger partial charge on any atom is -0.268 e. The van der Waals surface area contributed by atoms with Crippen LogP contribution < -0.4 is 0 Å². The molecule has 0 fully saturated rings. The Morgan fingerprint density at radius 2 is 1.88 bits per heavy atom. The summed E-state index contributed by atoms with van der Waals surface area (Å²) in [5, 5.41) is 8.90. The van der Waals surface area contributed by atoms with E-state index in [1.807, 2.05) is 40.1 Å². The quantitative estimate of drug-likeness (QED) is 0.559. The molecule has 5 heteroatoms. The molecule has 0 spiro atoms. The molecule has 124 valence electrons. The van der Waals surface area contributed by atoms with Gasteiger partial charge in [-0.1, -0.05) is 37.8 Å². The summed E-state index contributed by atoms with van der Waals surface area (Å²) in [5.41, 5.74) is 6.19. The van der Waals surface area contributed by atoms with Gasteiger partial charge >= 0.3 is 0 Å². The number of aryl methyl sites for hydroxylation is 1. The van der Waals surface area contributed by atoms with Gasteiger partial charge in [-0.3, -0.25) is 9.67 Å². The van der Waals surface area contributed by atoms with Crippen molar-refractivity contribution >= 4 is 11.6 Å². The van der Waals surface area contributed by atoms with E-state index in [1.54, 1.807) is 6.08 Å². The number of benzene rings is 1. The topological polar surface area (TPSA) is 48.0 Å². The third-order valence-electron chi connectivity index (χ3n) is 4.28. The molecule has 3 aromatic heterocycles. The first-order valence-corrected chi connectivity index (χ1v) is 8.33. The van der Waals surface area contributed by atoms with E-state index in [-0.39, 0.29) is 0 Å². The molecule has 0 saturated carbocycles. The SMILES string of the molecule is C=Cc1cc2cnc(-c3cnn(Cc4ccc(CC)cc4)c3)cn2n1. The van der Waals surface area contributed by atoms with Crippen molar-refractivity contribution in [2.24, 2.45) is 0 Å². The van der Waals surface area contributed by atoms with Gasteiger partial charge < -0.3 is 0 Å². The van der Waals surface area contributed by atoms with E-state index in [0.717, 1.165) is 35.4 Å². The molecule has 0 N–H and O–H groups in total. The highest BCUT2D eigenvalue weighted by Gasteiger charge is 2.07. The fraction of sp³-hybridized carbons (Fsp3) is 0.150. The van der Waals surface area contributed by atoms with Gasteiger partial charge in [0.25, 0.3) is 0 Å². The molecule has 1 aromatic carbocycles. The first-order chi connectivity index (χ1) is 12.2. The van der Waals surface area contributed by atoms with Crippen LogP contribution in [0.15, 0.2) is 61.7 Å². The average molecular weight is 329 g/mol.